The van der Waals surface area contributed by atoms with Crippen LogP contribution in [0.4, 0.5) is 10.5 Å². The number of amides is 2. The van der Waals surface area contributed by atoms with E-state index in [0.717, 1.165) is 63.5 Å². The summed E-state index contributed by atoms with van der Waals surface area (Å²) in [6.07, 6.45) is 0. The number of nitrogens with one attached hydrogen (secondary N) is 1. The van der Waals surface area contributed by atoms with Gasteiger partial charge in [-0.2, -0.15) is 0 Å². The largest absolute Gasteiger partial charge is 0.379 e. The molecule has 3 rings (SSSR count). The number of benzene rings is 1. The van der Waals surface area contributed by atoms with Crippen molar-refractivity contribution in [2.24, 2.45) is 0 Å². The fraction of sp³-hybridized carbons (Fsp3) is 0.588. The van der Waals surface area contributed by atoms with Crippen LogP contribution in [0.1, 0.15) is 0 Å². The summed E-state index contributed by atoms with van der Waals surface area (Å²) in [6.45, 7) is 8.36. The van der Waals surface area contributed by atoms with Gasteiger partial charge in [0, 0.05) is 62.5 Å². The maximum atomic E-state index is 12.3. The second kappa shape index (κ2) is 8.69. The minimum atomic E-state index is 0.0529. The molecule has 2 aliphatic heterocycles. The zero-order chi connectivity index (χ0) is 16.8. The van der Waals surface area contributed by atoms with Crippen LogP contribution in [-0.4, -0.2) is 81.4 Å². The first kappa shape index (κ1) is 17.5. The first-order valence-electron chi connectivity index (χ1n) is 8.56. The number of piperazine rings is 1. The Kier molecular flexibility index (Phi) is 6.34. The standard InChI is InChI=1S/C17H25BrN4O2/c18-15-2-1-3-16(14-15)21-6-8-22(9-7-21)17(23)19-4-5-20-10-12-24-13-11-20/h1-3,14H,4-13H2,(H,19,23). The number of carbonyl (C=O) groups excluding carboxylic acids is 1. The number of ether oxygens (including phenoxy) is 1. The highest BCUT2D eigenvalue weighted by Crippen LogP contribution is 2.21. The molecular weight excluding hydrogens is 372 g/mol. The number of anilines is 1. The van der Waals surface area contributed by atoms with E-state index in [2.05, 4.69) is 43.2 Å². The SMILES string of the molecule is O=C(NCCN1CCOCC1)N1CCN(c2cccc(Br)c2)CC1. The van der Waals surface area contributed by atoms with Crippen molar-refractivity contribution in [3.05, 3.63) is 28.7 Å². The maximum absolute atomic E-state index is 12.3. The predicted octanol–water partition coefficient (Wildman–Crippen LogP) is 1.61. The quantitative estimate of drug-likeness (QED) is 0.839. The van der Waals surface area contributed by atoms with Gasteiger partial charge in [-0.25, -0.2) is 4.79 Å². The molecule has 24 heavy (non-hydrogen) atoms. The number of carbonyl (C=O) groups is 1. The molecule has 0 bridgehead atoms. The summed E-state index contributed by atoms with van der Waals surface area (Å²) in [5.74, 6) is 0. The molecule has 1 N–H and O–H groups in total. The van der Waals surface area contributed by atoms with Gasteiger partial charge in [0.15, 0.2) is 0 Å². The van der Waals surface area contributed by atoms with Gasteiger partial charge in [-0.1, -0.05) is 22.0 Å². The van der Waals surface area contributed by atoms with Crippen molar-refractivity contribution < 1.29 is 9.53 Å². The van der Waals surface area contributed by atoms with Crippen molar-refractivity contribution in [3.8, 4) is 0 Å². The highest BCUT2D eigenvalue weighted by atomic mass is 79.9. The molecule has 0 aliphatic carbocycles. The molecule has 0 saturated carbocycles. The topological polar surface area (TPSA) is 48.1 Å². The lowest BCUT2D eigenvalue weighted by atomic mass is 10.2. The highest BCUT2D eigenvalue weighted by molar-refractivity contribution is 9.10. The van der Waals surface area contributed by atoms with Crippen LogP contribution in [-0.2, 0) is 4.74 Å². The lowest BCUT2D eigenvalue weighted by Gasteiger charge is -2.36. The van der Waals surface area contributed by atoms with Crippen LogP contribution in [0.3, 0.4) is 0 Å². The molecule has 2 amide bonds. The van der Waals surface area contributed by atoms with Crippen molar-refractivity contribution >= 4 is 27.6 Å². The normalized spacial score (nSPS) is 19.4. The zero-order valence-corrected chi connectivity index (χ0v) is 15.5. The molecule has 132 valence electrons. The fourth-order valence-electron chi connectivity index (χ4n) is 3.10. The van der Waals surface area contributed by atoms with Crippen molar-refractivity contribution in [1.29, 1.82) is 0 Å². The molecule has 2 heterocycles. The second-order valence-corrected chi connectivity index (χ2v) is 7.06. The third-order valence-corrected chi connectivity index (χ3v) is 5.04. The van der Waals surface area contributed by atoms with Crippen LogP contribution in [0.15, 0.2) is 28.7 Å². The number of hydrogen-bond donors (Lipinski definition) is 1. The molecule has 0 radical (unpaired) electrons. The molecule has 0 aromatic heterocycles. The van der Waals surface area contributed by atoms with E-state index in [4.69, 9.17) is 4.74 Å². The highest BCUT2D eigenvalue weighted by Gasteiger charge is 2.21. The fourth-order valence-corrected chi connectivity index (χ4v) is 3.49. The number of hydrogen-bond acceptors (Lipinski definition) is 4. The Morgan fingerprint density at radius 2 is 1.88 bits per heavy atom. The first-order chi connectivity index (χ1) is 11.7. The van der Waals surface area contributed by atoms with E-state index in [-0.39, 0.29) is 6.03 Å². The van der Waals surface area contributed by atoms with Gasteiger partial charge in [0.2, 0.25) is 0 Å². The third-order valence-electron chi connectivity index (χ3n) is 4.55. The molecule has 1 aromatic carbocycles. The van der Waals surface area contributed by atoms with Gasteiger partial charge < -0.3 is 19.9 Å². The number of nitrogens with zero attached hydrogens (tertiary/aromatic N) is 3. The Bertz CT molecular complexity index is 543. The summed E-state index contributed by atoms with van der Waals surface area (Å²) in [6, 6.07) is 8.37. The lowest BCUT2D eigenvalue weighted by Crippen LogP contribution is -2.52. The van der Waals surface area contributed by atoms with E-state index in [1.165, 1.54) is 5.69 Å². The summed E-state index contributed by atoms with van der Waals surface area (Å²) in [5.41, 5.74) is 1.21. The van der Waals surface area contributed by atoms with E-state index in [0.29, 0.717) is 6.54 Å². The molecular formula is C17H25BrN4O2. The van der Waals surface area contributed by atoms with Crippen molar-refractivity contribution in [1.82, 2.24) is 15.1 Å². The molecule has 7 heteroatoms. The van der Waals surface area contributed by atoms with Crippen molar-refractivity contribution in [2.45, 2.75) is 0 Å². The Labute approximate surface area is 151 Å². The molecule has 0 atom stereocenters. The van der Waals surface area contributed by atoms with E-state index in [1.807, 2.05) is 17.0 Å². The third kappa shape index (κ3) is 4.84. The van der Waals surface area contributed by atoms with Gasteiger partial charge >= 0.3 is 6.03 Å². The van der Waals surface area contributed by atoms with Gasteiger partial charge in [0.1, 0.15) is 0 Å². The zero-order valence-electron chi connectivity index (χ0n) is 13.9. The predicted molar refractivity (Wildman–Crippen MR) is 98.6 cm³/mol. The summed E-state index contributed by atoms with van der Waals surface area (Å²) < 4.78 is 6.42. The Morgan fingerprint density at radius 3 is 2.58 bits per heavy atom. The number of rotatable bonds is 4. The molecule has 2 saturated heterocycles. The van der Waals surface area contributed by atoms with Gasteiger partial charge in [0.25, 0.3) is 0 Å². The van der Waals surface area contributed by atoms with Crippen LogP contribution in [0, 0.1) is 0 Å². The molecule has 0 unspecified atom stereocenters. The lowest BCUT2D eigenvalue weighted by molar-refractivity contribution is 0.0386. The summed E-state index contributed by atoms with van der Waals surface area (Å²) in [4.78, 5) is 18.8. The van der Waals surface area contributed by atoms with Crippen LogP contribution in [0.25, 0.3) is 0 Å². The number of morpholine rings is 1. The minimum absolute atomic E-state index is 0.0529. The summed E-state index contributed by atoms with van der Waals surface area (Å²) in [5, 5.41) is 3.04. The minimum Gasteiger partial charge on any atom is -0.379 e. The van der Waals surface area contributed by atoms with Gasteiger partial charge in [0.05, 0.1) is 13.2 Å². The number of halogens is 1. The van der Waals surface area contributed by atoms with Gasteiger partial charge in [-0.3, -0.25) is 4.90 Å². The average molecular weight is 397 g/mol. The van der Waals surface area contributed by atoms with Crippen LogP contribution in [0.2, 0.25) is 0 Å². The van der Waals surface area contributed by atoms with Crippen molar-refractivity contribution in [3.63, 3.8) is 0 Å². The van der Waals surface area contributed by atoms with Gasteiger partial charge in [-0.15, -0.1) is 0 Å². The van der Waals surface area contributed by atoms with Gasteiger partial charge in [-0.05, 0) is 18.2 Å². The van der Waals surface area contributed by atoms with Crippen LogP contribution in [0.5, 0.6) is 0 Å². The monoisotopic (exact) mass is 396 g/mol. The van der Waals surface area contributed by atoms with E-state index >= 15 is 0 Å². The maximum Gasteiger partial charge on any atom is 0.317 e. The molecule has 2 fully saturated rings. The van der Waals surface area contributed by atoms with Crippen LogP contribution >= 0.6 is 15.9 Å². The summed E-state index contributed by atoms with van der Waals surface area (Å²) in [7, 11) is 0. The number of urea groups is 1. The Hall–Kier alpha value is -1.31. The molecule has 0 spiro atoms. The Morgan fingerprint density at radius 1 is 1.12 bits per heavy atom. The summed E-state index contributed by atoms with van der Waals surface area (Å²) >= 11 is 3.51. The Balaban J connectivity index is 1.38. The van der Waals surface area contributed by atoms with E-state index < -0.39 is 0 Å². The molecule has 2 aliphatic rings. The van der Waals surface area contributed by atoms with Crippen molar-refractivity contribution in [2.75, 3.05) is 70.5 Å². The van der Waals surface area contributed by atoms with E-state index in [1.54, 1.807) is 0 Å². The van der Waals surface area contributed by atoms with Crippen LogP contribution < -0.4 is 10.2 Å². The smallest absolute Gasteiger partial charge is 0.317 e. The second-order valence-electron chi connectivity index (χ2n) is 6.14. The molecule has 1 aromatic rings. The first-order valence-corrected chi connectivity index (χ1v) is 9.35. The van der Waals surface area contributed by atoms with E-state index in [9.17, 15) is 4.79 Å². The molecule has 6 nitrogen and oxygen atoms in total. The average Bonchev–Trinajstić information content (AvgIpc) is 2.63.